The van der Waals surface area contributed by atoms with E-state index in [1.165, 1.54) is 31.2 Å². The van der Waals surface area contributed by atoms with E-state index in [4.69, 9.17) is 10.00 Å². The van der Waals surface area contributed by atoms with E-state index >= 15 is 0 Å². The molecule has 0 aromatic heterocycles. The van der Waals surface area contributed by atoms with E-state index in [1.54, 1.807) is 36.4 Å². The van der Waals surface area contributed by atoms with Crippen molar-refractivity contribution >= 4 is 21.8 Å². The van der Waals surface area contributed by atoms with E-state index in [1.807, 2.05) is 0 Å². The maximum Gasteiger partial charge on any atom is 0.358 e. The first-order valence-electron chi connectivity index (χ1n) is 6.68. The third kappa shape index (κ3) is 4.41. The predicted molar refractivity (Wildman–Crippen MR) is 84.6 cm³/mol. The highest BCUT2D eigenvalue weighted by Crippen LogP contribution is 2.18. The zero-order valence-corrected chi connectivity index (χ0v) is 13.4. The molecule has 0 fully saturated rings. The molecule has 122 valence electrons. The first-order valence-corrected chi connectivity index (χ1v) is 8.09. The third-order valence-corrected chi connectivity index (χ3v) is 3.87. The number of ether oxygens (including phenoxy) is 1. The summed E-state index contributed by atoms with van der Waals surface area (Å²) in [4.78, 5) is 10.6. The molecule has 0 bridgehead atoms. The Kier molecular flexibility index (Phi) is 5.29. The highest BCUT2D eigenvalue weighted by atomic mass is 32.2. The number of carbonyl (C=O) groups excluding carboxylic acids is 1. The number of esters is 1. The van der Waals surface area contributed by atoms with Crippen LogP contribution >= 0.6 is 0 Å². The Morgan fingerprint density at radius 3 is 2.25 bits per heavy atom. The molecular weight excluding hydrogens is 332 g/mol. The summed E-state index contributed by atoms with van der Waals surface area (Å²) in [6.45, 7) is 1.23. The minimum Gasteiger partial charge on any atom is -0.427 e. The molecule has 8 heteroatoms. The van der Waals surface area contributed by atoms with Crippen LogP contribution in [0.5, 0.6) is 5.75 Å². The summed E-state index contributed by atoms with van der Waals surface area (Å²) in [6.07, 6.45) is 0. The third-order valence-electron chi connectivity index (χ3n) is 2.75. The lowest BCUT2D eigenvalue weighted by Gasteiger charge is -2.04. The molecule has 2 aromatic rings. The minimum atomic E-state index is -4.20. The van der Waals surface area contributed by atoms with Gasteiger partial charge in [0, 0.05) is 12.5 Å². The quantitative estimate of drug-likeness (QED) is 0.356. The summed E-state index contributed by atoms with van der Waals surface area (Å²) in [6, 6.07) is 15.1. The molecule has 2 aromatic carbocycles. The average Bonchev–Trinajstić information content (AvgIpc) is 2.56. The molecule has 2 rings (SSSR count). The molecule has 0 heterocycles. The first kappa shape index (κ1) is 17.2. The van der Waals surface area contributed by atoms with Crippen molar-refractivity contribution in [2.75, 3.05) is 0 Å². The molecule has 7 nitrogen and oxygen atoms in total. The zero-order valence-electron chi connectivity index (χ0n) is 12.5. The van der Waals surface area contributed by atoms with E-state index in [0.29, 0.717) is 5.56 Å². The lowest BCUT2D eigenvalue weighted by Crippen LogP contribution is -2.06. The van der Waals surface area contributed by atoms with Crippen LogP contribution in [0.2, 0.25) is 0 Å². The second kappa shape index (κ2) is 7.39. The van der Waals surface area contributed by atoms with Gasteiger partial charge in [-0.05, 0) is 24.3 Å². The second-order valence-electron chi connectivity index (χ2n) is 4.51. The highest BCUT2D eigenvalue weighted by Gasteiger charge is 2.17. The molecule has 0 unspecified atom stereocenters. The van der Waals surface area contributed by atoms with Gasteiger partial charge in [-0.1, -0.05) is 35.5 Å². The summed E-state index contributed by atoms with van der Waals surface area (Å²) in [7, 11) is -4.20. The maximum atomic E-state index is 12.1. The van der Waals surface area contributed by atoms with Crippen LogP contribution in [-0.2, 0) is 19.2 Å². The molecule has 0 aliphatic rings. The van der Waals surface area contributed by atoms with Gasteiger partial charge in [0.15, 0.2) is 5.71 Å². The summed E-state index contributed by atoms with van der Waals surface area (Å²) in [5, 5.41) is 12.5. The number of hydrogen-bond acceptors (Lipinski definition) is 7. The monoisotopic (exact) mass is 344 g/mol. The molecule has 0 atom stereocenters. The predicted octanol–water partition coefficient (Wildman–Crippen LogP) is 2.25. The summed E-state index contributed by atoms with van der Waals surface area (Å²) >= 11 is 0. The number of oxime groups is 1. The Hall–Kier alpha value is -3.18. The SMILES string of the molecule is CC(=O)Oc1ccc(S(=O)(=O)O/N=C(\C#N)c2ccccc2)cc1. The van der Waals surface area contributed by atoms with Gasteiger partial charge in [-0.25, -0.2) is 0 Å². The molecule has 0 spiro atoms. The van der Waals surface area contributed by atoms with E-state index in [9.17, 15) is 13.2 Å². The fraction of sp³-hybridized carbons (Fsp3) is 0.0625. The topological polar surface area (TPSA) is 106 Å². The Labute approximate surface area is 138 Å². The van der Waals surface area contributed by atoms with E-state index < -0.39 is 16.1 Å². The van der Waals surface area contributed by atoms with Gasteiger partial charge >= 0.3 is 16.1 Å². The number of nitrogens with zero attached hydrogens (tertiary/aromatic N) is 2. The van der Waals surface area contributed by atoms with E-state index in [-0.39, 0.29) is 16.4 Å². The number of carbonyl (C=O) groups is 1. The number of rotatable bonds is 5. The van der Waals surface area contributed by atoms with Crippen LogP contribution in [0.15, 0.2) is 64.6 Å². The molecule has 24 heavy (non-hydrogen) atoms. The molecule has 0 aliphatic heterocycles. The summed E-state index contributed by atoms with van der Waals surface area (Å²) in [5.41, 5.74) is 0.260. The van der Waals surface area contributed by atoms with Gasteiger partial charge < -0.3 is 4.74 Å². The van der Waals surface area contributed by atoms with Crippen molar-refractivity contribution in [2.24, 2.45) is 5.16 Å². The fourth-order valence-corrected chi connectivity index (χ4v) is 2.43. The Bertz CT molecular complexity index is 898. The van der Waals surface area contributed by atoms with Crippen LogP contribution < -0.4 is 4.74 Å². The lowest BCUT2D eigenvalue weighted by molar-refractivity contribution is -0.131. The van der Waals surface area contributed by atoms with Crippen LogP contribution in [0.1, 0.15) is 12.5 Å². The highest BCUT2D eigenvalue weighted by molar-refractivity contribution is 7.86. The second-order valence-corrected chi connectivity index (χ2v) is 6.04. The average molecular weight is 344 g/mol. The van der Waals surface area contributed by atoms with Crippen molar-refractivity contribution in [1.82, 2.24) is 0 Å². The van der Waals surface area contributed by atoms with Crippen molar-refractivity contribution in [2.45, 2.75) is 11.8 Å². The van der Waals surface area contributed by atoms with Crippen LogP contribution in [-0.4, -0.2) is 20.1 Å². The summed E-state index contributed by atoms with van der Waals surface area (Å²) in [5.74, 6) is -0.320. The Balaban J connectivity index is 2.20. The smallest absolute Gasteiger partial charge is 0.358 e. The van der Waals surface area contributed by atoms with Crippen LogP contribution in [0, 0.1) is 11.3 Å². The molecule has 0 saturated heterocycles. The largest absolute Gasteiger partial charge is 0.427 e. The lowest BCUT2D eigenvalue weighted by atomic mass is 10.1. The van der Waals surface area contributed by atoms with Gasteiger partial charge in [-0.3, -0.25) is 9.08 Å². The van der Waals surface area contributed by atoms with Gasteiger partial charge in [0.25, 0.3) is 0 Å². The van der Waals surface area contributed by atoms with E-state index in [0.717, 1.165) is 0 Å². The van der Waals surface area contributed by atoms with Crippen LogP contribution in [0.3, 0.4) is 0 Å². The van der Waals surface area contributed by atoms with Crippen LogP contribution in [0.25, 0.3) is 0 Å². The number of nitriles is 1. The Morgan fingerprint density at radius 2 is 1.71 bits per heavy atom. The molecule has 0 aliphatic carbocycles. The van der Waals surface area contributed by atoms with E-state index in [2.05, 4.69) is 9.44 Å². The molecular formula is C16H12N2O5S. The zero-order chi connectivity index (χ0) is 17.6. The molecule has 0 N–H and O–H groups in total. The van der Waals surface area contributed by atoms with Gasteiger partial charge in [-0.15, -0.1) is 0 Å². The maximum absolute atomic E-state index is 12.1. The van der Waals surface area contributed by atoms with Crippen molar-refractivity contribution < 1.29 is 22.2 Å². The van der Waals surface area contributed by atoms with Gasteiger partial charge in [0.2, 0.25) is 0 Å². The van der Waals surface area contributed by atoms with Crippen molar-refractivity contribution in [3.63, 3.8) is 0 Å². The Morgan fingerprint density at radius 1 is 1.08 bits per heavy atom. The summed E-state index contributed by atoms with van der Waals surface area (Å²) < 4.78 is 33.5. The standard InChI is InChI=1S/C16H12N2O5S/c1-12(19)22-14-7-9-15(10-8-14)24(20,21)23-18-16(11-17)13-5-3-2-4-6-13/h2-10H,1H3/b18-16+. The fourth-order valence-electron chi connectivity index (χ4n) is 1.70. The van der Waals surface area contributed by atoms with Crippen molar-refractivity contribution in [1.29, 1.82) is 5.26 Å². The van der Waals surface area contributed by atoms with Gasteiger partial charge in [0.05, 0.1) is 0 Å². The molecule has 0 radical (unpaired) electrons. The first-order chi connectivity index (χ1) is 11.4. The molecule has 0 amide bonds. The number of hydrogen-bond donors (Lipinski definition) is 0. The normalized spacial score (nSPS) is 11.4. The van der Waals surface area contributed by atoms with Crippen molar-refractivity contribution in [3.8, 4) is 11.8 Å². The number of benzene rings is 2. The van der Waals surface area contributed by atoms with Gasteiger partial charge in [0.1, 0.15) is 16.7 Å². The van der Waals surface area contributed by atoms with Gasteiger partial charge in [-0.2, -0.15) is 13.7 Å². The van der Waals surface area contributed by atoms with Crippen molar-refractivity contribution in [3.05, 3.63) is 60.2 Å². The van der Waals surface area contributed by atoms with Crippen LogP contribution in [0.4, 0.5) is 0 Å². The molecule has 0 saturated carbocycles. The minimum absolute atomic E-state index is 0.171.